The Morgan fingerprint density at radius 1 is 1.50 bits per heavy atom. The summed E-state index contributed by atoms with van der Waals surface area (Å²) in [4.78, 5) is 10.0. The lowest BCUT2D eigenvalue weighted by Crippen LogP contribution is -1.92. The van der Waals surface area contributed by atoms with E-state index in [1.54, 1.807) is 18.2 Å². The normalized spacial score (nSPS) is 9.75. The Kier molecular flexibility index (Phi) is 3.37. The standard InChI is InChI=1S/C7H6ClNO2S/c8-12-5-6-3-1-2-4-7(6)9(10)11/h1-4H,5H2. The summed E-state index contributed by atoms with van der Waals surface area (Å²) in [5, 5.41) is 10.4. The lowest BCUT2D eigenvalue weighted by molar-refractivity contribution is -0.385. The second-order valence-corrected chi connectivity index (χ2v) is 3.30. The van der Waals surface area contributed by atoms with Gasteiger partial charge in [-0.3, -0.25) is 10.1 Å². The van der Waals surface area contributed by atoms with Crippen LogP contribution in [0.3, 0.4) is 0 Å². The van der Waals surface area contributed by atoms with Crippen molar-refractivity contribution in [2.45, 2.75) is 5.75 Å². The van der Waals surface area contributed by atoms with Gasteiger partial charge in [0, 0.05) is 17.4 Å². The van der Waals surface area contributed by atoms with E-state index in [4.69, 9.17) is 10.7 Å². The molecule has 0 aliphatic heterocycles. The van der Waals surface area contributed by atoms with Crippen molar-refractivity contribution in [3.63, 3.8) is 0 Å². The molecule has 0 fully saturated rings. The van der Waals surface area contributed by atoms with E-state index in [1.165, 1.54) is 6.07 Å². The van der Waals surface area contributed by atoms with Crippen LogP contribution < -0.4 is 0 Å². The molecule has 0 amide bonds. The minimum Gasteiger partial charge on any atom is -0.258 e. The first-order valence-electron chi connectivity index (χ1n) is 3.21. The molecule has 0 radical (unpaired) electrons. The van der Waals surface area contributed by atoms with Gasteiger partial charge in [0.05, 0.1) is 4.92 Å². The smallest absolute Gasteiger partial charge is 0.258 e. The first-order chi connectivity index (χ1) is 5.75. The van der Waals surface area contributed by atoms with Crippen molar-refractivity contribution in [3.8, 4) is 0 Å². The molecule has 0 aliphatic carbocycles. The second-order valence-electron chi connectivity index (χ2n) is 2.14. The molecule has 1 aromatic rings. The van der Waals surface area contributed by atoms with Gasteiger partial charge < -0.3 is 0 Å². The zero-order valence-corrected chi connectivity index (χ0v) is 7.64. The predicted molar refractivity (Wildman–Crippen MR) is 50.2 cm³/mol. The number of para-hydroxylation sites is 1. The molecule has 0 bridgehead atoms. The van der Waals surface area contributed by atoms with Crippen LogP contribution in [0.15, 0.2) is 24.3 Å². The molecule has 0 heterocycles. The highest BCUT2D eigenvalue weighted by Crippen LogP contribution is 2.24. The van der Waals surface area contributed by atoms with E-state index in [0.717, 1.165) is 11.0 Å². The second kappa shape index (κ2) is 4.33. The SMILES string of the molecule is O=[N+]([O-])c1ccccc1CSCl. The molecule has 0 spiro atoms. The summed E-state index contributed by atoms with van der Waals surface area (Å²) in [6, 6.07) is 6.58. The van der Waals surface area contributed by atoms with Crippen LogP contribution in [0.1, 0.15) is 5.56 Å². The largest absolute Gasteiger partial charge is 0.273 e. The van der Waals surface area contributed by atoms with Crippen molar-refractivity contribution < 1.29 is 4.92 Å². The third-order valence-electron chi connectivity index (χ3n) is 1.40. The molecule has 0 unspecified atom stereocenters. The van der Waals surface area contributed by atoms with E-state index in [-0.39, 0.29) is 5.69 Å². The van der Waals surface area contributed by atoms with Crippen LogP contribution in [0.5, 0.6) is 0 Å². The van der Waals surface area contributed by atoms with Crippen LogP contribution in [0.4, 0.5) is 5.69 Å². The monoisotopic (exact) mass is 203 g/mol. The van der Waals surface area contributed by atoms with Crippen LogP contribution in [0, 0.1) is 10.1 Å². The van der Waals surface area contributed by atoms with Crippen LogP contribution >= 0.6 is 21.7 Å². The van der Waals surface area contributed by atoms with E-state index in [1.807, 2.05) is 0 Å². The molecule has 0 atom stereocenters. The van der Waals surface area contributed by atoms with Gasteiger partial charge in [-0.05, 0) is 10.7 Å². The first kappa shape index (κ1) is 9.35. The Hall–Kier alpha value is -0.740. The molecule has 0 N–H and O–H groups in total. The average molecular weight is 204 g/mol. The van der Waals surface area contributed by atoms with Crippen molar-refractivity contribution in [2.75, 3.05) is 0 Å². The highest BCUT2D eigenvalue weighted by molar-refractivity contribution is 8.20. The number of nitro groups is 1. The molecule has 12 heavy (non-hydrogen) atoms. The van der Waals surface area contributed by atoms with E-state index in [0.29, 0.717) is 11.3 Å². The molecule has 1 rings (SSSR count). The summed E-state index contributed by atoms with van der Waals surface area (Å²) in [6.07, 6.45) is 0. The molecule has 3 nitrogen and oxygen atoms in total. The molecule has 64 valence electrons. The van der Waals surface area contributed by atoms with E-state index in [2.05, 4.69) is 0 Å². The van der Waals surface area contributed by atoms with Gasteiger partial charge in [0.1, 0.15) is 0 Å². The lowest BCUT2D eigenvalue weighted by Gasteiger charge is -1.97. The van der Waals surface area contributed by atoms with E-state index >= 15 is 0 Å². The number of benzene rings is 1. The van der Waals surface area contributed by atoms with Gasteiger partial charge in [-0.15, -0.1) is 0 Å². The Morgan fingerprint density at radius 2 is 2.17 bits per heavy atom. The van der Waals surface area contributed by atoms with Crippen LogP contribution in [0.2, 0.25) is 0 Å². The molecule has 0 saturated carbocycles. The summed E-state index contributed by atoms with van der Waals surface area (Å²) in [5.41, 5.74) is 0.785. The van der Waals surface area contributed by atoms with Crippen LogP contribution in [-0.4, -0.2) is 4.92 Å². The van der Waals surface area contributed by atoms with E-state index in [9.17, 15) is 10.1 Å². The van der Waals surface area contributed by atoms with Crippen LogP contribution in [-0.2, 0) is 5.75 Å². The summed E-state index contributed by atoms with van der Waals surface area (Å²) >= 11 is 0. The van der Waals surface area contributed by atoms with Crippen LogP contribution in [0.25, 0.3) is 0 Å². The van der Waals surface area contributed by atoms with Gasteiger partial charge in [0.25, 0.3) is 5.69 Å². The first-order valence-corrected chi connectivity index (χ1v) is 5.02. The third kappa shape index (κ3) is 2.12. The Balaban J connectivity index is 3.00. The maximum absolute atomic E-state index is 10.4. The van der Waals surface area contributed by atoms with Gasteiger partial charge in [0.2, 0.25) is 0 Å². The Morgan fingerprint density at radius 3 is 2.75 bits per heavy atom. The minimum absolute atomic E-state index is 0.130. The number of nitrogens with zero attached hydrogens (tertiary/aromatic N) is 1. The zero-order valence-electron chi connectivity index (χ0n) is 6.07. The van der Waals surface area contributed by atoms with Gasteiger partial charge in [-0.25, -0.2) is 0 Å². The average Bonchev–Trinajstić information content (AvgIpc) is 2.05. The number of halogens is 1. The van der Waals surface area contributed by atoms with Gasteiger partial charge >= 0.3 is 0 Å². The fraction of sp³-hybridized carbons (Fsp3) is 0.143. The number of hydrogen-bond acceptors (Lipinski definition) is 3. The quantitative estimate of drug-likeness (QED) is 0.560. The molecule has 0 saturated heterocycles. The zero-order chi connectivity index (χ0) is 8.97. The summed E-state index contributed by atoms with van der Waals surface area (Å²) in [6.45, 7) is 0. The molecule has 0 aromatic heterocycles. The molecule has 5 heteroatoms. The molecular formula is C7H6ClNO2S. The number of hydrogen-bond donors (Lipinski definition) is 0. The summed E-state index contributed by atoms with van der Waals surface area (Å²) in [5.74, 6) is 0.457. The fourth-order valence-electron chi connectivity index (χ4n) is 0.870. The maximum atomic E-state index is 10.4. The third-order valence-corrected chi connectivity index (χ3v) is 2.15. The highest BCUT2D eigenvalue weighted by atomic mass is 35.7. The lowest BCUT2D eigenvalue weighted by atomic mass is 10.2. The van der Waals surface area contributed by atoms with Crippen molar-refractivity contribution in [3.05, 3.63) is 39.9 Å². The fourth-order valence-corrected chi connectivity index (χ4v) is 1.58. The minimum atomic E-state index is -0.400. The highest BCUT2D eigenvalue weighted by Gasteiger charge is 2.10. The topological polar surface area (TPSA) is 43.1 Å². The van der Waals surface area contributed by atoms with Gasteiger partial charge in [0.15, 0.2) is 0 Å². The predicted octanol–water partition coefficient (Wildman–Crippen LogP) is 2.98. The van der Waals surface area contributed by atoms with Crippen molar-refractivity contribution in [1.29, 1.82) is 0 Å². The molecular weight excluding hydrogens is 198 g/mol. The van der Waals surface area contributed by atoms with Crippen molar-refractivity contribution in [2.24, 2.45) is 0 Å². The van der Waals surface area contributed by atoms with E-state index < -0.39 is 4.92 Å². The Labute approximate surface area is 78.4 Å². The summed E-state index contributed by atoms with van der Waals surface area (Å²) < 4.78 is 0. The molecule has 1 aromatic carbocycles. The Bertz CT molecular complexity index is 292. The summed E-state index contributed by atoms with van der Waals surface area (Å²) in [7, 11) is 6.46. The van der Waals surface area contributed by atoms with Crippen molar-refractivity contribution >= 4 is 27.3 Å². The van der Waals surface area contributed by atoms with Gasteiger partial charge in [-0.2, -0.15) is 0 Å². The number of rotatable bonds is 3. The number of nitro benzene ring substituents is 1. The van der Waals surface area contributed by atoms with Gasteiger partial charge in [-0.1, -0.05) is 29.2 Å². The maximum Gasteiger partial charge on any atom is 0.273 e. The molecule has 0 aliphatic rings. The van der Waals surface area contributed by atoms with Crippen molar-refractivity contribution in [1.82, 2.24) is 0 Å².